The molecule has 9 nitrogen and oxygen atoms in total. The molecule has 0 spiro atoms. The molecule has 11 heteroatoms. The highest BCUT2D eigenvalue weighted by Gasteiger charge is 2.26. The topological polar surface area (TPSA) is 134 Å². The number of hydrogen-bond acceptors (Lipinski definition) is 6. The lowest BCUT2D eigenvalue weighted by Gasteiger charge is -2.22. The Morgan fingerprint density at radius 1 is 0.868 bits per heavy atom. The molecule has 0 saturated heterocycles. The van der Waals surface area contributed by atoms with E-state index in [1.165, 1.54) is 6.07 Å². The van der Waals surface area contributed by atoms with E-state index in [-0.39, 0.29) is 5.56 Å². The third kappa shape index (κ3) is 5.19. The summed E-state index contributed by atoms with van der Waals surface area (Å²) in [5.74, 6) is 0.535. The molecule has 4 rings (SSSR count). The van der Waals surface area contributed by atoms with Gasteiger partial charge in [0, 0.05) is 53.0 Å². The standard InChI is InChI=1S/C27H31N3O6S2/c1-5-29(6-2)18-9-12-21-24(15-18)36-25-16-19(30(7-3)8-4)10-13-22(25)27(21)23-14-11-20(38(33,34)35)17-26(23)37(28,31)32/h9-17H,5-8H2,1-4H3,(H2-,28,31,32,33,34,35)/p+1. The maximum absolute atomic E-state index is 12.7. The summed E-state index contributed by atoms with van der Waals surface area (Å²) in [6.07, 6.45) is 0. The van der Waals surface area contributed by atoms with Crippen LogP contribution in [0.15, 0.2) is 68.8 Å². The first-order chi connectivity index (χ1) is 17.9. The van der Waals surface area contributed by atoms with Crippen LogP contribution in [0.5, 0.6) is 0 Å². The van der Waals surface area contributed by atoms with Gasteiger partial charge in [-0.05, 0) is 58.0 Å². The van der Waals surface area contributed by atoms with Gasteiger partial charge < -0.3 is 9.32 Å². The number of primary sulfonamides is 1. The highest BCUT2D eigenvalue weighted by molar-refractivity contribution is 7.89. The summed E-state index contributed by atoms with van der Waals surface area (Å²) in [5, 5.41) is 7.14. The number of rotatable bonds is 8. The molecule has 0 saturated carbocycles. The van der Waals surface area contributed by atoms with Crippen LogP contribution in [0.2, 0.25) is 0 Å². The zero-order chi connectivity index (χ0) is 27.8. The van der Waals surface area contributed by atoms with Gasteiger partial charge in [0.05, 0.1) is 15.9 Å². The lowest BCUT2D eigenvalue weighted by molar-refractivity contribution is 0.483. The van der Waals surface area contributed by atoms with E-state index < -0.39 is 29.9 Å². The number of anilines is 1. The Morgan fingerprint density at radius 3 is 2.11 bits per heavy atom. The summed E-state index contributed by atoms with van der Waals surface area (Å²) < 4.78 is 67.1. The van der Waals surface area contributed by atoms with E-state index in [9.17, 15) is 21.4 Å². The first kappa shape index (κ1) is 27.8. The molecule has 0 fully saturated rings. The normalized spacial score (nSPS) is 12.3. The average Bonchev–Trinajstić information content (AvgIpc) is 2.87. The van der Waals surface area contributed by atoms with Crippen molar-refractivity contribution in [3.8, 4) is 22.5 Å². The van der Waals surface area contributed by atoms with Crippen molar-refractivity contribution in [2.45, 2.75) is 37.5 Å². The van der Waals surface area contributed by atoms with Crippen LogP contribution < -0.4 is 20.0 Å². The van der Waals surface area contributed by atoms with Crippen molar-refractivity contribution in [3.63, 3.8) is 0 Å². The molecule has 2 aliphatic rings. The molecular weight excluding hydrogens is 526 g/mol. The predicted molar refractivity (Wildman–Crippen MR) is 149 cm³/mol. The minimum atomic E-state index is -4.66. The van der Waals surface area contributed by atoms with Crippen LogP contribution in [0, 0.1) is 0 Å². The first-order valence-electron chi connectivity index (χ1n) is 12.4. The van der Waals surface area contributed by atoms with E-state index in [2.05, 4.69) is 37.2 Å². The number of hydrogen-bond donors (Lipinski definition) is 2. The molecule has 0 aromatic heterocycles. The molecule has 1 aliphatic carbocycles. The average molecular weight is 559 g/mol. The van der Waals surface area contributed by atoms with Crippen LogP contribution >= 0.6 is 0 Å². The molecular formula is C27H32N3O6S2+. The molecule has 0 radical (unpaired) electrons. The Hall–Kier alpha value is -3.25. The molecule has 0 amide bonds. The summed E-state index contributed by atoms with van der Waals surface area (Å²) in [6.45, 7) is 11.4. The highest BCUT2D eigenvalue weighted by Crippen LogP contribution is 2.43. The molecule has 202 valence electrons. The molecule has 38 heavy (non-hydrogen) atoms. The quantitative estimate of drug-likeness (QED) is 0.191. The second kappa shape index (κ2) is 10.5. The fraction of sp³-hybridized carbons (Fsp3) is 0.296. The molecule has 1 heterocycles. The fourth-order valence-electron chi connectivity index (χ4n) is 4.83. The van der Waals surface area contributed by atoms with Crippen molar-refractivity contribution in [1.29, 1.82) is 0 Å². The van der Waals surface area contributed by atoms with E-state index in [0.29, 0.717) is 27.9 Å². The van der Waals surface area contributed by atoms with Gasteiger partial charge in [-0.15, -0.1) is 0 Å². The third-order valence-electron chi connectivity index (χ3n) is 6.77. The maximum Gasteiger partial charge on any atom is 0.294 e. The molecule has 1 aliphatic heterocycles. The van der Waals surface area contributed by atoms with Crippen molar-refractivity contribution < 1.29 is 25.8 Å². The van der Waals surface area contributed by atoms with E-state index >= 15 is 0 Å². The zero-order valence-electron chi connectivity index (χ0n) is 21.8. The summed E-state index contributed by atoms with van der Waals surface area (Å²) in [4.78, 5) is 1.19. The van der Waals surface area contributed by atoms with Crippen LogP contribution in [0.3, 0.4) is 0 Å². The van der Waals surface area contributed by atoms with Crippen LogP contribution in [0.4, 0.5) is 5.69 Å². The number of benzene rings is 3. The van der Waals surface area contributed by atoms with Gasteiger partial charge in [0.25, 0.3) is 10.1 Å². The number of sulfonamides is 1. The smallest absolute Gasteiger partial charge is 0.294 e. The second-order valence-electron chi connectivity index (χ2n) is 8.86. The molecule has 0 unspecified atom stereocenters. The van der Waals surface area contributed by atoms with Gasteiger partial charge in [-0.3, -0.25) is 4.55 Å². The minimum Gasteiger partial charge on any atom is -0.456 e. The Bertz CT molecular complexity index is 1770. The molecule has 2 aromatic carbocycles. The van der Waals surface area contributed by atoms with E-state index in [1.807, 2.05) is 36.4 Å². The molecule has 3 N–H and O–H groups in total. The third-order valence-corrected chi connectivity index (χ3v) is 8.57. The fourth-order valence-corrected chi connectivity index (χ4v) is 6.18. The number of fused-ring (bicyclic) bond motifs is 2. The van der Waals surface area contributed by atoms with Crippen molar-refractivity contribution in [1.82, 2.24) is 4.58 Å². The summed E-state index contributed by atoms with van der Waals surface area (Å²) >= 11 is 0. The zero-order valence-corrected chi connectivity index (χ0v) is 23.4. The lowest BCUT2D eigenvalue weighted by atomic mass is 9.93. The second-order valence-corrected chi connectivity index (χ2v) is 11.8. The van der Waals surface area contributed by atoms with Gasteiger partial charge in [0.15, 0.2) is 0 Å². The molecule has 0 bridgehead atoms. The van der Waals surface area contributed by atoms with Gasteiger partial charge in [-0.2, -0.15) is 8.42 Å². The Kier molecular flexibility index (Phi) is 7.67. The van der Waals surface area contributed by atoms with Gasteiger partial charge in [0.1, 0.15) is 24.4 Å². The van der Waals surface area contributed by atoms with Crippen molar-refractivity contribution in [2.24, 2.45) is 5.14 Å². The van der Waals surface area contributed by atoms with Gasteiger partial charge in [-0.25, -0.2) is 18.1 Å². The van der Waals surface area contributed by atoms with E-state index in [4.69, 9.17) is 9.56 Å². The van der Waals surface area contributed by atoms with Crippen molar-refractivity contribution >= 4 is 36.8 Å². The largest absolute Gasteiger partial charge is 0.456 e. The Morgan fingerprint density at radius 2 is 1.53 bits per heavy atom. The number of nitrogens with two attached hydrogens (primary N) is 1. The Labute approximate surface area is 223 Å². The van der Waals surface area contributed by atoms with E-state index in [0.717, 1.165) is 49.4 Å². The summed E-state index contributed by atoms with van der Waals surface area (Å²) in [7, 11) is -9.04. The van der Waals surface area contributed by atoms with Crippen LogP contribution in [0.25, 0.3) is 33.4 Å². The van der Waals surface area contributed by atoms with Gasteiger partial charge in [-0.1, -0.05) is 6.07 Å². The first-order valence-corrected chi connectivity index (χ1v) is 15.4. The Balaban J connectivity index is 2.19. The van der Waals surface area contributed by atoms with E-state index in [1.54, 1.807) is 0 Å². The minimum absolute atomic E-state index is 0.205. The van der Waals surface area contributed by atoms with Crippen LogP contribution in [0.1, 0.15) is 27.7 Å². The van der Waals surface area contributed by atoms with Crippen molar-refractivity contribution in [2.75, 3.05) is 31.1 Å². The number of nitrogens with zero attached hydrogens (tertiary/aromatic N) is 2. The van der Waals surface area contributed by atoms with Crippen LogP contribution in [-0.4, -0.2) is 47.6 Å². The molecule has 2 aromatic rings. The summed E-state index contributed by atoms with van der Waals surface area (Å²) in [5.41, 5.74) is 2.85. The van der Waals surface area contributed by atoms with Crippen LogP contribution in [-0.2, 0) is 20.1 Å². The maximum atomic E-state index is 12.7. The van der Waals surface area contributed by atoms with Gasteiger partial charge >= 0.3 is 0 Å². The predicted octanol–water partition coefficient (Wildman–Crippen LogP) is 3.76. The monoisotopic (exact) mass is 558 g/mol. The summed E-state index contributed by atoms with van der Waals surface area (Å²) in [6, 6.07) is 14.8. The lowest BCUT2D eigenvalue weighted by Crippen LogP contribution is -2.29. The SMILES string of the molecule is CCN(CC)c1ccc2c(-c3ccc(S(=O)(=O)O)cc3S(N)(=O)=O)c3ccc(=[N+](CC)CC)cc-3oc2c1. The highest BCUT2D eigenvalue weighted by atomic mass is 32.2. The molecule has 0 atom stereocenters. The van der Waals surface area contributed by atoms with Crippen molar-refractivity contribution in [3.05, 3.63) is 60.0 Å². The van der Waals surface area contributed by atoms with Gasteiger partial charge in [0.2, 0.25) is 15.4 Å².